The first-order chi connectivity index (χ1) is 12.2. The van der Waals surface area contributed by atoms with Crippen molar-refractivity contribution in [1.29, 1.82) is 0 Å². The molecule has 1 atom stereocenters. The highest BCUT2D eigenvalue weighted by atomic mass is 16.2. The highest BCUT2D eigenvalue weighted by Gasteiger charge is 2.16. The zero-order valence-electron chi connectivity index (χ0n) is 16.3. The molecule has 7 nitrogen and oxygen atoms in total. The predicted molar refractivity (Wildman–Crippen MR) is 104 cm³/mol. The van der Waals surface area contributed by atoms with Crippen molar-refractivity contribution >= 4 is 29.1 Å². The topological polar surface area (TPSA) is 90.5 Å². The van der Waals surface area contributed by atoms with E-state index in [9.17, 15) is 14.4 Å². The lowest BCUT2D eigenvalue weighted by atomic mass is 10.1. The SMILES string of the molecule is CCN(CC(=O)Nc1ccc(NC(C)=O)cc1)CC(=O)N[C@@H](C)C(C)C. The standard InChI is InChI=1S/C19H30N4O3/c1-6-23(11-18(25)20-14(4)13(2)3)12-19(26)22-17-9-7-16(8-10-17)21-15(5)24/h7-10,13-14H,6,11-12H2,1-5H3,(H,20,25)(H,21,24)(H,22,26)/t14-/m0/s1. The van der Waals surface area contributed by atoms with Crippen LogP contribution < -0.4 is 16.0 Å². The van der Waals surface area contributed by atoms with E-state index in [1.54, 1.807) is 29.2 Å². The fraction of sp³-hybridized carbons (Fsp3) is 0.526. The molecule has 3 amide bonds. The summed E-state index contributed by atoms with van der Waals surface area (Å²) in [6.45, 7) is 10.3. The lowest BCUT2D eigenvalue weighted by Gasteiger charge is -2.22. The first-order valence-electron chi connectivity index (χ1n) is 8.90. The molecule has 0 bridgehead atoms. The summed E-state index contributed by atoms with van der Waals surface area (Å²) < 4.78 is 0. The minimum Gasteiger partial charge on any atom is -0.352 e. The van der Waals surface area contributed by atoms with Crippen LogP contribution in [0.25, 0.3) is 0 Å². The molecule has 0 saturated carbocycles. The smallest absolute Gasteiger partial charge is 0.238 e. The van der Waals surface area contributed by atoms with Gasteiger partial charge in [-0.2, -0.15) is 0 Å². The first-order valence-corrected chi connectivity index (χ1v) is 8.90. The summed E-state index contributed by atoms with van der Waals surface area (Å²) >= 11 is 0. The van der Waals surface area contributed by atoms with Gasteiger partial charge >= 0.3 is 0 Å². The lowest BCUT2D eigenvalue weighted by molar-refractivity contribution is -0.124. The normalized spacial score (nSPS) is 12.0. The Bertz CT molecular complexity index is 614. The van der Waals surface area contributed by atoms with Crippen LogP contribution in [-0.4, -0.2) is 48.3 Å². The fourth-order valence-electron chi connectivity index (χ4n) is 2.19. The molecular weight excluding hydrogens is 332 g/mol. The highest BCUT2D eigenvalue weighted by Crippen LogP contribution is 2.13. The van der Waals surface area contributed by atoms with E-state index in [-0.39, 0.29) is 36.9 Å². The van der Waals surface area contributed by atoms with E-state index in [1.807, 2.05) is 27.7 Å². The van der Waals surface area contributed by atoms with Crippen molar-refractivity contribution in [3.63, 3.8) is 0 Å². The van der Waals surface area contributed by atoms with Gasteiger partial charge in [0.25, 0.3) is 0 Å². The number of likely N-dealkylation sites (N-methyl/N-ethyl adjacent to an activating group) is 1. The maximum Gasteiger partial charge on any atom is 0.238 e. The summed E-state index contributed by atoms with van der Waals surface area (Å²) in [6.07, 6.45) is 0. The molecular formula is C19H30N4O3. The molecule has 0 saturated heterocycles. The van der Waals surface area contributed by atoms with Gasteiger partial charge in [0, 0.05) is 24.3 Å². The molecule has 144 valence electrons. The van der Waals surface area contributed by atoms with E-state index in [2.05, 4.69) is 16.0 Å². The zero-order valence-corrected chi connectivity index (χ0v) is 16.3. The average Bonchev–Trinajstić information content (AvgIpc) is 2.55. The third-order valence-electron chi connectivity index (χ3n) is 4.06. The van der Waals surface area contributed by atoms with Crippen molar-refractivity contribution in [2.45, 2.75) is 40.7 Å². The van der Waals surface area contributed by atoms with Gasteiger partial charge < -0.3 is 16.0 Å². The second-order valence-electron chi connectivity index (χ2n) is 6.71. The van der Waals surface area contributed by atoms with Crippen molar-refractivity contribution < 1.29 is 14.4 Å². The largest absolute Gasteiger partial charge is 0.352 e. The maximum absolute atomic E-state index is 12.2. The van der Waals surface area contributed by atoms with E-state index in [1.165, 1.54) is 6.92 Å². The molecule has 0 aliphatic rings. The van der Waals surface area contributed by atoms with Gasteiger partial charge in [-0.1, -0.05) is 20.8 Å². The number of nitrogens with one attached hydrogen (secondary N) is 3. The second kappa shape index (κ2) is 10.6. The number of benzene rings is 1. The van der Waals surface area contributed by atoms with Crippen LogP contribution in [0.4, 0.5) is 11.4 Å². The van der Waals surface area contributed by atoms with Crippen LogP contribution in [0.3, 0.4) is 0 Å². The summed E-state index contributed by atoms with van der Waals surface area (Å²) in [5.41, 5.74) is 1.31. The van der Waals surface area contributed by atoms with E-state index in [0.29, 0.717) is 23.8 Å². The molecule has 0 unspecified atom stereocenters. The van der Waals surface area contributed by atoms with Gasteiger partial charge in [-0.3, -0.25) is 19.3 Å². The fourth-order valence-corrected chi connectivity index (χ4v) is 2.19. The van der Waals surface area contributed by atoms with Crippen LogP contribution in [0.1, 0.15) is 34.6 Å². The summed E-state index contributed by atoms with van der Waals surface area (Å²) in [7, 11) is 0. The molecule has 7 heteroatoms. The van der Waals surface area contributed by atoms with E-state index in [0.717, 1.165) is 0 Å². The van der Waals surface area contributed by atoms with E-state index in [4.69, 9.17) is 0 Å². The first kappa shape index (κ1) is 21.6. The van der Waals surface area contributed by atoms with Gasteiger partial charge in [-0.15, -0.1) is 0 Å². The van der Waals surface area contributed by atoms with E-state index < -0.39 is 0 Å². The minimum absolute atomic E-state index is 0.0829. The Balaban J connectivity index is 2.51. The molecule has 0 aliphatic heterocycles. The number of hydrogen-bond donors (Lipinski definition) is 3. The van der Waals surface area contributed by atoms with Crippen molar-refractivity contribution in [3.8, 4) is 0 Å². The molecule has 0 heterocycles. The van der Waals surface area contributed by atoms with Crippen LogP contribution in [0.15, 0.2) is 24.3 Å². The summed E-state index contributed by atoms with van der Waals surface area (Å²) in [5.74, 6) is -0.0624. The van der Waals surface area contributed by atoms with Gasteiger partial charge in [0.2, 0.25) is 17.7 Å². The average molecular weight is 362 g/mol. The van der Waals surface area contributed by atoms with Gasteiger partial charge in [0.15, 0.2) is 0 Å². The molecule has 0 spiro atoms. The Hall–Kier alpha value is -2.41. The zero-order chi connectivity index (χ0) is 19.7. The van der Waals surface area contributed by atoms with Crippen LogP contribution in [0, 0.1) is 5.92 Å². The molecule has 0 aliphatic carbocycles. The molecule has 1 rings (SSSR count). The molecule has 1 aromatic rings. The van der Waals surface area contributed by atoms with Gasteiger partial charge in [0.05, 0.1) is 13.1 Å². The number of hydrogen-bond acceptors (Lipinski definition) is 4. The quantitative estimate of drug-likeness (QED) is 0.627. The number of nitrogens with zero attached hydrogens (tertiary/aromatic N) is 1. The van der Waals surface area contributed by atoms with Crippen molar-refractivity contribution in [2.75, 3.05) is 30.3 Å². The highest BCUT2D eigenvalue weighted by molar-refractivity contribution is 5.93. The molecule has 26 heavy (non-hydrogen) atoms. The van der Waals surface area contributed by atoms with E-state index >= 15 is 0 Å². The van der Waals surface area contributed by atoms with Crippen molar-refractivity contribution in [2.24, 2.45) is 5.92 Å². The number of carbonyl (C=O) groups is 3. The monoisotopic (exact) mass is 362 g/mol. The Morgan fingerprint density at radius 1 is 0.923 bits per heavy atom. The van der Waals surface area contributed by atoms with Crippen LogP contribution in [0.2, 0.25) is 0 Å². The second-order valence-corrected chi connectivity index (χ2v) is 6.71. The molecule has 3 N–H and O–H groups in total. The predicted octanol–water partition coefficient (Wildman–Crippen LogP) is 2.07. The Morgan fingerprint density at radius 3 is 1.88 bits per heavy atom. The Morgan fingerprint density at radius 2 is 1.42 bits per heavy atom. The number of rotatable bonds is 9. The number of amides is 3. The Kier molecular flexibility index (Phi) is 8.78. The lowest BCUT2D eigenvalue weighted by Crippen LogP contribution is -2.44. The van der Waals surface area contributed by atoms with Crippen LogP contribution >= 0.6 is 0 Å². The molecule has 0 aromatic heterocycles. The molecule has 0 radical (unpaired) electrons. The van der Waals surface area contributed by atoms with Crippen molar-refractivity contribution in [1.82, 2.24) is 10.2 Å². The van der Waals surface area contributed by atoms with Crippen LogP contribution in [-0.2, 0) is 14.4 Å². The van der Waals surface area contributed by atoms with Crippen LogP contribution in [0.5, 0.6) is 0 Å². The molecule has 0 fully saturated rings. The summed E-state index contributed by atoms with van der Waals surface area (Å²) in [5, 5.41) is 8.40. The van der Waals surface area contributed by atoms with Gasteiger partial charge in [0.1, 0.15) is 0 Å². The number of anilines is 2. The van der Waals surface area contributed by atoms with Crippen molar-refractivity contribution in [3.05, 3.63) is 24.3 Å². The van der Waals surface area contributed by atoms with Gasteiger partial charge in [-0.05, 0) is 43.7 Å². The Labute approximate surface area is 155 Å². The number of carbonyl (C=O) groups excluding carboxylic acids is 3. The molecule has 1 aromatic carbocycles. The summed E-state index contributed by atoms with van der Waals surface area (Å²) in [6, 6.07) is 6.97. The van der Waals surface area contributed by atoms with Gasteiger partial charge in [-0.25, -0.2) is 0 Å². The maximum atomic E-state index is 12.2. The third-order valence-corrected chi connectivity index (χ3v) is 4.06. The minimum atomic E-state index is -0.191. The summed E-state index contributed by atoms with van der Waals surface area (Å²) in [4.78, 5) is 37.1. The third kappa shape index (κ3) is 8.11.